The fourth-order valence-electron chi connectivity index (χ4n) is 7.23. The highest BCUT2D eigenvalue weighted by Crippen LogP contribution is 2.81. The quantitative estimate of drug-likeness (QED) is 0.224. The summed E-state index contributed by atoms with van der Waals surface area (Å²) in [6, 6.07) is 39.7. The van der Waals surface area contributed by atoms with Crippen molar-refractivity contribution in [2.24, 2.45) is 5.92 Å². The van der Waals surface area contributed by atoms with Crippen LogP contribution in [0.4, 0.5) is 0 Å². The number of aliphatic hydroxyl groups excluding tert-OH is 1. The lowest BCUT2D eigenvalue weighted by molar-refractivity contribution is 0.0981. The fraction of sp³-hybridized carbons (Fsp3) is 0.143. The lowest BCUT2D eigenvalue weighted by atomic mass is 9.69. The predicted octanol–water partition coefficient (Wildman–Crippen LogP) is 8.36. The second-order valence-electron chi connectivity index (χ2n) is 10.8. The summed E-state index contributed by atoms with van der Waals surface area (Å²) in [4.78, 5) is 0. The molecule has 0 bridgehead atoms. The highest BCUT2D eigenvalue weighted by Gasteiger charge is 2.70. The van der Waals surface area contributed by atoms with Crippen molar-refractivity contribution in [3.05, 3.63) is 155 Å². The minimum Gasteiger partial charge on any atom is -0.387 e. The molecule has 1 saturated heterocycles. The molecule has 0 aromatic heterocycles. The van der Waals surface area contributed by atoms with Crippen LogP contribution >= 0.6 is 18.9 Å². The van der Waals surface area contributed by atoms with Gasteiger partial charge in [-0.2, -0.15) is 0 Å². The summed E-state index contributed by atoms with van der Waals surface area (Å²) in [5, 5.41) is 14.9. The van der Waals surface area contributed by atoms with Crippen LogP contribution in [0.5, 0.6) is 0 Å². The Morgan fingerprint density at radius 1 is 0.825 bits per heavy atom. The summed E-state index contributed by atoms with van der Waals surface area (Å²) in [6.07, 6.45) is 3.25. The van der Waals surface area contributed by atoms with Gasteiger partial charge in [-0.15, -0.1) is 0 Å². The monoisotopic (exact) mass is 561 g/mol. The zero-order valence-corrected chi connectivity index (χ0v) is 23.7. The van der Waals surface area contributed by atoms with E-state index in [0.717, 1.165) is 32.8 Å². The van der Waals surface area contributed by atoms with Crippen LogP contribution < -0.4 is 5.30 Å². The van der Waals surface area contributed by atoms with Gasteiger partial charge in [0.25, 0.3) is 0 Å². The van der Waals surface area contributed by atoms with Gasteiger partial charge in [0.05, 0.1) is 6.10 Å². The average molecular weight is 562 g/mol. The maximum absolute atomic E-state index is 16.6. The minimum atomic E-state index is -3.61. The van der Waals surface area contributed by atoms with Crippen LogP contribution in [0, 0.1) is 5.92 Å². The lowest BCUT2D eigenvalue weighted by Crippen LogP contribution is -2.42. The van der Waals surface area contributed by atoms with Crippen molar-refractivity contribution in [3.8, 4) is 0 Å². The number of benzene rings is 5. The molecule has 5 aromatic rings. The average Bonchev–Trinajstić information content (AvgIpc) is 3.21. The van der Waals surface area contributed by atoms with Crippen LogP contribution in [0.25, 0.3) is 16.8 Å². The van der Waals surface area contributed by atoms with Crippen LogP contribution in [-0.4, -0.2) is 16.8 Å². The predicted molar refractivity (Wildman–Crippen MR) is 165 cm³/mol. The Bertz CT molecular complexity index is 1800. The molecule has 0 radical (unpaired) electrons. The van der Waals surface area contributed by atoms with Gasteiger partial charge in [0.15, 0.2) is 7.29 Å². The summed E-state index contributed by atoms with van der Waals surface area (Å²) < 4.78 is 18.7. The van der Waals surface area contributed by atoms with Crippen molar-refractivity contribution in [2.45, 2.75) is 17.3 Å². The Labute approximate surface area is 239 Å². The van der Waals surface area contributed by atoms with Crippen molar-refractivity contribution >= 4 is 41.0 Å². The van der Waals surface area contributed by atoms with Gasteiger partial charge in [-0.3, -0.25) is 0 Å². The molecule has 198 valence electrons. The van der Waals surface area contributed by atoms with Gasteiger partial charge in [-0.05, 0) is 58.3 Å². The normalized spacial score (nSPS) is 26.4. The highest BCUT2D eigenvalue weighted by atomic mass is 35.5. The van der Waals surface area contributed by atoms with Crippen molar-refractivity contribution in [2.75, 3.05) is 7.05 Å². The molecule has 5 atom stereocenters. The van der Waals surface area contributed by atoms with E-state index in [1.54, 1.807) is 12.1 Å². The number of hydrogen-bond acceptors (Lipinski definition) is 2. The number of aliphatic hydroxyl groups is 1. The molecule has 1 unspecified atom stereocenters. The zero-order valence-electron chi connectivity index (χ0n) is 22.1. The van der Waals surface area contributed by atoms with Crippen molar-refractivity contribution in [1.82, 2.24) is 4.67 Å². The van der Waals surface area contributed by atoms with Gasteiger partial charge in [-0.25, -0.2) is 4.67 Å². The molecule has 1 N–H and O–H groups in total. The first-order valence-electron chi connectivity index (χ1n) is 13.6. The summed E-state index contributed by atoms with van der Waals surface area (Å²) >= 11 is 6.28. The Morgan fingerprint density at radius 3 is 2.30 bits per heavy atom. The summed E-state index contributed by atoms with van der Waals surface area (Å²) in [7, 11) is -1.63. The topological polar surface area (TPSA) is 40.5 Å². The molecule has 2 aliphatic rings. The zero-order chi connectivity index (χ0) is 27.5. The molecule has 0 saturated carbocycles. The number of nitrogens with zero attached hydrogens (tertiary/aromatic N) is 1. The van der Waals surface area contributed by atoms with E-state index in [0.29, 0.717) is 10.6 Å². The largest absolute Gasteiger partial charge is 0.387 e. The van der Waals surface area contributed by atoms with Crippen molar-refractivity contribution in [3.63, 3.8) is 0 Å². The molecule has 0 amide bonds. The fourth-order valence-corrected chi connectivity index (χ4v) is 11.7. The van der Waals surface area contributed by atoms with Crippen LogP contribution in [0.1, 0.15) is 34.4 Å². The van der Waals surface area contributed by atoms with Gasteiger partial charge in [0.2, 0.25) is 0 Å². The third-order valence-electron chi connectivity index (χ3n) is 8.91. The van der Waals surface area contributed by atoms with Gasteiger partial charge in [0.1, 0.15) is 5.16 Å². The second kappa shape index (κ2) is 9.58. The number of hydrogen-bond donors (Lipinski definition) is 1. The van der Waals surface area contributed by atoms with E-state index in [9.17, 15) is 5.11 Å². The molecule has 1 aliphatic carbocycles. The standard InChI is InChI=1S/C35H29ClNO2P/c1-37-33(26-12-3-2-4-13-26)31-23-20-25-11-6-8-16-30(25)35(31,34(38)27-18-21-28(36)22-19-27)40(37,39)32-17-9-14-24-10-5-7-15-29(24)32/h2-23,31,33-34,38H,1H3/t31-,33+,34+,35-,40?/m0/s1. The second-order valence-corrected chi connectivity index (χ2v) is 14.2. The number of fused-ring (bicyclic) bond motifs is 4. The number of halogens is 1. The number of rotatable bonds is 4. The van der Waals surface area contributed by atoms with Crippen molar-refractivity contribution in [1.29, 1.82) is 0 Å². The van der Waals surface area contributed by atoms with E-state index in [2.05, 4.69) is 59.3 Å². The molecule has 1 heterocycles. The van der Waals surface area contributed by atoms with Crippen LogP contribution in [-0.2, 0) is 9.72 Å². The molecule has 40 heavy (non-hydrogen) atoms. The summed E-state index contributed by atoms with van der Waals surface area (Å²) in [6.45, 7) is 0. The summed E-state index contributed by atoms with van der Waals surface area (Å²) in [5.74, 6) is -0.273. The van der Waals surface area contributed by atoms with Gasteiger partial charge >= 0.3 is 0 Å². The SMILES string of the molecule is CN1[C@H](c2ccccc2)[C@@H]2C=Cc3ccccc3[C@]2([C@H](O)c2ccc(Cl)cc2)P1(=O)c1cccc2ccccc12. The highest BCUT2D eigenvalue weighted by molar-refractivity contribution is 7.71. The third-order valence-corrected chi connectivity index (χ3v) is 13.1. The first-order valence-corrected chi connectivity index (χ1v) is 15.6. The van der Waals surface area contributed by atoms with E-state index < -0.39 is 18.6 Å². The maximum Gasteiger partial charge on any atom is 0.193 e. The Kier molecular flexibility index (Phi) is 6.11. The molecule has 1 aliphatic heterocycles. The molecule has 5 aromatic carbocycles. The van der Waals surface area contributed by atoms with Crippen LogP contribution in [0.3, 0.4) is 0 Å². The molecule has 7 rings (SSSR count). The molecular weight excluding hydrogens is 533 g/mol. The maximum atomic E-state index is 16.6. The molecule has 1 fully saturated rings. The van der Waals surface area contributed by atoms with Gasteiger partial charge in [0, 0.05) is 22.3 Å². The minimum absolute atomic E-state index is 0.224. The summed E-state index contributed by atoms with van der Waals surface area (Å²) in [5.41, 5.74) is 3.66. The van der Waals surface area contributed by atoms with Crippen LogP contribution in [0.2, 0.25) is 5.02 Å². The van der Waals surface area contributed by atoms with E-state index >= 15 is 4.57 Å². The van der Waals surface area contributed by atoms with Gasteiger partial charge < -0.3 is 9.67 Å². The molecular formula is C35H29ClNO2P. The van der Waals surface area contributed by atoms with E-state index in [1.807, 2.05) is 73.8 Å². The van der Waals surface area contributed by atoms with Gasteiger partial charge in [-0.1, -0.05) is 127 Å². The molecule has 3 nitrogen and oxygen atoms in total. The Balaban J connectivity index is 1.63. The Hall–Kier alpha value is -3.46. The lowest BCUT2D eigenvalue weighted by Gasteiger charge is -2.46. The van der Waals surface area contributed by atoms with Crippen LogP contribution in [0.15, 0.2) is 127 Å². The first-order chi connectivity index (χ1) is 19.5. The van der Waals surface area contributed by atoms with Crippen molar-refractivity contribution < 1.29 is 9.67 Å². The molecule has 5 heteroatoms. The smallest absolute Gasteiger partial charge is 0.193 e. The van der Waals surface area contributed by atoms with E-state index in [4.69, 9.17) is 11.6 Å². The molecule has 0 spiro atoms. The third kappa shape index (κ3) is 3.42. The first kappa shape index (κ1) is 25.5. The van der Waals surface area contributed by atoms with E-state index in [-0.39, 0.29) is 12.0 Å². The van der Waals surface area contributed by atoms with E-state index in [1.165, 1.54) is 0 Å². The Morgan fingerprint density at radius 2 is 1.50 bits per heavy atom.